The molecule has 1 heterocycles. The molecular weight excluding hydrogens is 112 g/mol. The molecular formula is C7H10N2. The molecule has 0 aromatic heterocycles. The molecule has 1 aliphatic heterocycles. The van der Waals surface area contributed by atoms with Gasteiger partial charge in [-0.3, -0.25) is 0 Å². The molecule has 0 bridgehead atoms. The Bertz CT molecular complexity index is 158. The predicted octanol–water partition coefficient (Wildman–Crippen LogP) is 1.97. The maximum atomic E-state index is 5.08. The Hall–Kier alpha value is -0.840. The SMILES string of the molecule is C#CCCC1(CC)N=N1. The molecule has 0 spiro atoms. The van der Waals surface area contributed by atoms with Crippen LogP contribution in [0.2, 0.25) is 0 Å². The highest BCUT2D eigenvalue weighted by atomic mass is 15.4. The zero-order valence-electron chi connectivity index (χ0n) is 5.59. The Morgan fingerprint density at radius 3 is 2.56 bits per heavy atom. The summed E-state index contributed by atoms with van der Waals surface area (Å²) in [5.74, 6) is 2.58. The van der Waals surface area contributed by atoms with Crippen molar-refractivity contribution in [1.82, 2.24) is 0 Å². The van der Waals surface area contributed by atoms with Crippen LogP contribution >= 0.6 is 0 Å². The van der Waals surface area contributed by atoms with Gasteiger partial charge in [-0.15, -0.1) is 12.3 Å². The van der Waals surface area contributed by atoms with Gasteiger partial charge in [-0.2, -0.15) is 10.2 Å². The first-order chi connectivity index (χ1) is 4.33. The standard InChI is InChI=1S/C7H10N2/c1-3-5-6-7(4-2)8-9-7/h1H,4-6H2,2H3. The van der Waals surface area contributed by atoms with E-state index in [-0.39, 0.29) is 5.66 Å². The highest BCUT2D eigenvalue weighted by Crippen LogP contribution is 2.35. The van der Waals surface area contributed by atoms with Crippen molar-refractivity contribution in [2.24, 2.45) is 10.2 Å². The lowest BCUT2D eigenvalue weighted by atomic mass is 10.1. The lowest BCUT2D eigenvalue weighted by molar-refractivity contribution is 0.540. The summed E-state index contributed by atoms with van der Waals surface area (Å²) >= 11 is 0. The Morgan fingerprint density at radius 1 is 1.56 bits per heavy atom. The van der Waals surface area contributed by atoms with E-state index in [2.05, 4.69) is 23.1 Å². The third-order valence-corrected chi connectivity index (χ3v) is 1.62. The largest absolute Gasteiger partial charge is 0.191 e. The molecule has 2 nitrogen and oxygen atoms in total. The van der Waals surface area contributed by atoms with Crippen molar-refractivity contribution >= 4 is 0 Å². The molecule has 0 saturated carbocycles. The van der Waals surface area contributed by atoms with Gasteiger partial charge in [0.1, 0.15) is 0 Å². The molecule has 0 aromatic rings. The molecule has 0 unspecified atom stereocenters. The molecule has 0 N–H and O–H groups in total. The zero-order valence-corrected chi connectivity index (χ0v) is 5.59. The number of terminal acetylenes is 1. The summed E-state index contributed by atoms with van der Waals surface area (Å²) in [7, 11) is 0. The zero-order chi connectivity index (χ0) is 6.74. The van der Waals surface area contributed by atoms with E-state index in [0.29, 0.717) is 0 Å². The van der Waals surface area contributed by atoms with Crippen LogP contribution in [-0.4, -0.2) is 5.66 Å². The molecule has 0 aromatic carbocycles. The summed E-state index contributed by atoms with van der Waals surface area (Å²) in [5, 5.41) is 7.84. The van der Waals surface area contributed by atoms with Crippen LogP contribution in [0.4, 0.5) is 0 Å². The van der Waals surface area contributed by atoms with Crippen LogP contribution < -0.4 is 0 Å². The Balaban J connectivity index is 2.20. The van der Waals surface area contributed by atoms with Crippen LogP contribution in [0.5, 0.6) is 0 Å². The molecule has 0 amide bonds. The predicted molar refractivity (Wildman–Crippen MR) is 35.9 cm³/mol. The van der Waals surface area contributed by atoms with Crippen molar-refractivity contribution in [1.29, 1.82) is 0 Å². The number of hydrogen-bond acceptors (Lipinski definition) is 2. The Morgan fingerprint density at radius 2 is 2.22 bits per heavy atom. The average molecular weight is 122 g/mol. The fourth-order valence-electron chi connectivity index (χ4n) is 0.761. The van der Waals surface area contributed by atoms with Gasteiger partial charge < -0.3 is 0 Å². The fourth-order valence-corrected chi connectivity index (χ4v) is 0.761. The summed E-state index contributed by atoms with van der Waals surface area (Å²) in [6.45, 7) is 2.08. The highest BCUT2D eigenvalue weighted by molar-refractivity contribution is 4.96. The second-order valence-electron chi connectivity index (χ2n) is 2.24. The van der Waals surface area contributed by atoms with Crippen molar-refractivity contribution in [2.75, 3.05) is 0 Å². The van der Waals surface area contributed by atoms with Gasteiger partial charge in [0.25, 0.3) is 0 Å². The lowest BCUT2D eigenvalue weighted by Crippen LogP contribution is -2.07. The highest BCUT2D eigenvalue weighted by Gasteiger charge is 2.36. The van der Waals surface area contributed by atoms with E-state index < -0.39 is 0 Å². The van der Waals surface area contributed by atoms with Gasteiger partial charge in [0.05, 0.1) is 0 Å². The van der Waals surface area contributed by atoms with Gasteiger partial charge in [-0.05, 0) is 6.42 Å². The topological polar surface area (TPSA) is 24.7 Å². The monoisotopic (exact) mass is 122 g/mol. The summed E-state index contributed by atoms with van der Waals surface area (Å²) < 4.78 is 0. The average Bonchev–Trinajstić information content (AvgIpc) is 2.65. The number of hydrogen-bond donors (Lipinski definition) is 0. The van der Waals surface area contributed by atoms with E-state index in [4.69, 9.17) is 6.42 Å². The molecule has 1 aliphatic rings. The maximum absolute atomic E-state index is 5.08. The molecule has 0 atom stereocenters. The Kier molecular flexibility index (Phi) is 1.52. The summed E-state index contributed by atoms with van der Waals surface area (Å²) in [5.41, 5.74) is -0.0492. The van der Waals surface area contributed by atoms with Crippen molar-refractivity contribution in [2.45, 2.75) is 31.8 Å². The van der Waals surface area contributed by atoms with E-state index in [1.807, 2.05) is 0 Å². The third kappa shape index (κ3) is 1.29. The van der Waals surface area contributed by atoms with Crippen LogP contribution in [0, 0.1) is 12.3 Å². The molecule has 0 fully saturated rings. The van der Waals surface area contributed by atoms with Gasteiger partial charge in [0.2, 0.25) is 0 Å². The van der Waals surface area contributed by atoms with E-state index in [1.54, 1.807) is 0 Å². The summed E-state index contributed by atoms with van der Waals surface area (Å²) in [4.78, 5) is 0. The van der Waals surface area contributed by atoms with Gasteiger partial charge in [0, 0.05) is 12.8 Å². The van der Waals surface area contributed by atoms with E-state index in [1.165, 1.54) is 0 Å². The van der Waals surface area contributed by atoms with Crippen molar-refractivity contribution in [3.63, 3.8) is 0 Å². The van der Waals surface area contributed by atoms with Gasteiger partial charge in [-0.25, -0.2) is 0 Å². The Labute approximate surface area is 55.4 Å². The minimum atomic E-state index is -0.0492. The summed E-state index contributed by atoms with van der Waals surface area (Å²) in [6.07, 6.45) is 7.80. The minimum absolute atomic E-state index is 0.0492. The van der Waals surface area contributed by atoms with Crippen molar-refractivity contribution in [3.05, 3.63) is 0 Å². The van der Waals surface area contributed by atoms with E-state index >= 15 is 0 Å². The normalized spacial score (nSPS) is 19.1. The molecule has 0 aliphatic carbocycles. The quantitative estimate of drug-likeness (QED) is 0.511. The van der Waals surface area contributed by atoms with Gasteiger partial charge >= 0.3 is 0 Å². The second kappa shape index (κ2) is 2.18. The summed E-state index contributed by atoms with van der Waals surface area (Å²) in [6, 6.07) is 0. The van der Waals surface area contributed by atoms with Crippen LogP contribution in [-0.2, 0) is 0 Å². The first-order valence-electron chi connectivity index (χ1n) is 3.20. The van der Waals surface area contributed by atoms with Gasteiger partial charge in [0.15, 0.2) is 5.66 Å². The molecule has 9 heavy (non-hydrogen) atoms. The molecule has 48 valence electrons. The molecule has 2 heteroatoms. The first kappa shape index (κ1) is 6.28. The third-order valence-electron chi connectivity index (χ3n) is 1.62. The van der Waals surface area contributed by atoms with E-state index in [9.17, 15) is 0 Å². The van der Waals surface area contributed by atoms with Gasteiger partial charge in [-0.1, -0.05) is 6.92 Å². The fraction of sp³-hybridized carbons (Fsp3) is 0.714. The number of nitrogens with zero attached hydrogens (tertiary/aromatic N) is 2. The minimum Gasteiger partial charge on any atom is -0.159 e. The van der Waals surface area contributed by atoms with Crippen LogP contribution in [0.3, 0.4) is 0 Å². The van der Waals surface area contributed by atoms with Crippen LogP contribution in [0.15, 0.2) is 10.2 Å². The maximum Gasteiger partial charge on any atom is 0.191 e. The first-order valence-corrected chi connectivity index (χ1v) is 3.20. The van der Waals surface area contributed by atoms with Crippen molar-refractivity contribution in [3.8, 4) is 12.3 Å². The van der Waals surface area contributed by atoms with Crippen LogP contribution in [0.1, 0.15) is 26.2 Å². The van der Waals surface area contributed by atoms with Crippen molar-refractivity contribution < 1.29 is 0 Å². The molecule has 0 radical (unpaired) electrons. The molecule has 1 rings (SSSR count). The second-order valence-corrected chi connectivity index (χ2v) is 2.24. The lowest BCUT2D eigenvalue weighted by Gasteiger charge is -2.01. The number of rotatable bonds is 3. The molecule has 0 saturated heterocycles. The smallest absolute Gasteiger partial charge is 0.159 e. The van der Waals surface area contributed by atoms with Crippen LogP contribution in [0.25, 0.3) is 0 Å². The van der Waals surface area contributed by atoms with E-state index in [0.717, 1.165) is 19.3 Å².